The van der Waals surface area contributed by atoms with Crippen LogP contribution >= 0.6 is 0 Å². The number of nitrogens with two attached hydrogens (primary N) is 1. The highest BCUT2D eigenvalue weighted by molar-refractivity contribution is 5.81. The molecule has 1 fully saturated rings. The first-order chi connectivity index (χ1) is 9.35. The van der Waals surface area contributed by atoms with Gasteiger partial charge in [-0.25, -0.2) is 0 Å². The molecule has 1 aliphatic rings. The molecule has 1 amide bonds. The molecule has 6 nitrogen and oxygen atoms in total. The monoisotopic (exact) mass is 278 g/mol. The molecule has 110 valence electrons. The van der Waals surface area contributed by atoms with Gasteiger partial charge in [0.15, 0.2) is 0 Å². The maximum atomic E-state index is 11.6. The first-order valence-corrected chi connectivity index (χ1v) is 6.82. The molecular formula is C14H22N4O2. The van der Waals surface area contributed by atoms with Gasteiger partial charge in [0, 0.05) is 13.1 Å². The number of amides is 1. The predicted molar refractivity (Wildman–Crippen MR) is 78.9 cm³/mol. The lowest BCUT2D eigenvalue weighted by molar-refractivity contribution is -0.119. The summed E-state index contributed by atoms with van der Waals surface area (Å²) in [6.07, 6.45) is 0.896. The lowest BCUT2D eigenvalue weighted by Gasteiger charge is -2.24. The number of hydrogen-bond acceptors (Lipinski definition) is 5. The molecule has 1 aromatic rings. The molecule has 0 aliphatic carbocycles. The lowest BCUT2D eigenvalue weighted by atomic mass is 10.2. The standard InChI is InChI=1S/C14H22N4O2/c1-14(2,3)20-13-10(15)5-6-11(17-13)18-8-4-7-16-12(19)9-18/h5-6H,4,7-9,15H2,1-3H3,(H,16,19). The van der Waals surface area contributed by atoms with Crippen molar-refractivity contribution in [2.45, 2.75) is 32.8 Å². The average molecular weight is 278 g/mol. The molecule has 2 rings (SSSR count). The van der Waals surface area contributed by atoms with Crippen molar-refractivity contribution in [1.82, 2.24) is 10.3 Å². The largest absolute Gasteiger partial charge is 0.470 e. The van der Waals surface area contributed by atoms with Crippen molar-refractivity contribution in [3.8, 4) is 5.88 Å². The molecule has 0 aromatic carbocycles. The van der Waals surface area contributed by atoms with Crippen LogP contribution in [0.15, 0.2) is 12.1 Å². The van der Waals surface area contributed by atoms with Crippen molar-refractivity contribution in [3.63, 3.8) is 0 Å². The molecule has 1 saturated heterocycles. The summed E-state index contributed by atoms with van der Waals surface area (Å²) in [6, 6.07) is 3.59. The van der Waals surface area contributed by atoms with Crippen molar-refractivity contribution in [1.29, 1.82) is 0 Å². The fourth-order valence-corrected chi connectivity index (χ4v) is 1.99. The number of nitrogens with one attached hydrogen (secondary N) is 1. The van der Waals surface area contributed by atoms with Gasteiger partial charge in [0.05, 0.1) is 12.2 Å². The van der Waals surface area contributed by atoms with Gasteiger partial charge in [-0.1, -0.05) is 0 Å². The van der Waals surface area contributed by atoms with Crippen molar-refractivity contribution in [2.75, 3.05) is 30.3 Å². The topological polar surface area (TPSA) is 80.5 Å². The van der Waals surface area contributed by atoms with Gasteiger partial charge in [-0.3, -0.25) is 4.79 Å². The normalized spacial score (nSPS) is 16.6. The number of carbonyl (C=O) groups excluding carboxylic acids is 1. The Kier molecular flexibility index (Phi) is 4.01. The Labute approximate surface area is 119 Å². The summed E-state index contributed by atoms with van der Waals surface area (Å²) in [4.78, 5) is 18.0. The van der Waals surface area contributed by atoms with Crippen LogP contribution in [-0.4, -0.2) is 36.1 Å². The summed E-state index contributed by atoms with van der Waals surface area (Å²) in [7, 11) is 0. The van der Waals surface area contributed by atoms with Gasteiger partial charge < -0.3 is 20.7 Å². The molecule has 0 saturated carbocycles. The second kappa shape index (κ2) is 5.56. The van der Waals surface area contributed by atoms with E-state index in [2.05, 4.69) is 10.3 Å². The van der Waals surface area contributed by atoms with Gasteiger partial charge in [-0.15, -0.1) is 0 Å². The Morgan fingerprint density at radius 2 is 2.15 bits per heavy atom. The molecule has 1 aliphatic heterocycles. The fourth-order valence-electron chi connectivity index (χ4n) is 1.99. The molecule has 6 heteroatoms. The average Bonchev–Trinajstić information content (AvgIpc) is 2.55. The quantitative estimate of drug-likeness (QED) is 0.848. The van der Waals surface area contributed by atoms with Crippen LogP contribution in [0.2, 0.25) is 0 Å². The van der Waals surface area contributed by atoms with E-state index in [9.17, 15) is 4.79 Å². The maximum absolute atomic E-state index is 11.6. The van der Waals surface area contributed by atoms with Gasteiger partial charge in [-0.05, 0) is 39.3 Å². The Balaban J connectivity index is 2.23. The van der Waals surface area contributed by atoms with E-state index in [4.69, 9.17) is 10.5 Å². The summed E-state index contributed by atoms with van der Waals surface area (Å²) in [5, 5.41) is 2.84. The smallest absolute Gasteiger partial charge is 0.239 e. The zero-order valence-electron chi connectivity index (χ0n) is 12.3. The zero-order valence-corrected chi connectivity index (χ0v) is 12.3. The van der Waals surface area contributed by atoms with Gasteiger partial charge in [0.2, 0.25) is 11.8 Å². The van der Waals surface area contributed by atoms with Crippen molar-refractivity contribution >= 4 is 17.4 Å². The Morgan fingerprint density at radius 3 is 2.85 bits per heavy atom. The number of rotatable bonds is 2. The Hall–Kier alpha value is -1.98. The van der Waals surface area contributed by atoms with E-state index in [1.54, 1.807) is 6.07 Å². The first-order valence-electron chi connectivity index (χ1n) is 6.82. The van der Waals surface area contributed by atoms with E-state index in [1.165, 1.54) is 0 Å². The Morgan fingerprint density at radius 1 is 1.40 bits per heavy atom. The molecule has 0 unspecified atom stereocenters. The van der Waals surface area contributed by atoms with Crippen molar-refractivity contribution < 1.29 is 9.53 Å². The van der Waals surface area contributed by atoms with Crippen LogP contribution in [0.4, 0.5) is 11.5 Å². The third-order valence-corrected chi connectivity index (χ3v) is 2.86. The highest BCUT2D eigenvalue weighted by atomic mass is 16.5. The molecule has 3 N–H and O–H groups in total. The summed E-state index contributed by atoms with van der Waals surface area (Å²) >= 11 is 0. The number of aromatic nitrogens is 1. The number of ether oxygens (including phenoxy) is 1. The third kappa shape index (κ3) is 3.76. The summed E-state index contributed by atoms with van der Waals surface area (Å²) in [5.74, 6) is 1.15. The second-order valence-electron chi connectivity index (χ2n) is 5.90. The minimum Gasteiger partial charge on any atom is -0.470 e. The highest BCUT2D eigenvalue weighted by Crippen LogP contribution is 2.26. The molecule has 0 spiro atoms. The van der Waals surface area contributed by atoms with Crippen LogP contribution in [-0.2, 0) is 4.79 Å². The minimum absolute atomic E-state index is 0.0133. The highest BCUT2D eigenvalue weighted by Gasteiger charge is 2.19. The molecular weight excluding hydrogens is 256 g/mol. The van der Waals surface area contributed by atoms with Crippen LogP contribution < -0.4 is 20.7 Å². The second-order valence-corrected chi connectivity index (χ2v) is 5.90. The maximum Gasteiger partial charge on any atom is 0.239 e. The van der Waals surface area contributed by atoms with Crippen LogP contribution in [0.1, 0.15) is 27.2 Å². The van der Waals surface area contributed by atoms with Gasteiger partial charge in [-0.2, -0.15) is 4.98 Å². The molecule has 0 atom stereocenters. The molecule has 0 radical (unpaired) electrons. The molecule has 20 heavy (non-hydrogen) atoms. The molecule has 0 bridgehead atoms. The van der Waals surface area contributed by atoms with E-state index >= 15 is 0 Å². The zero-order chi connectivity index (χ0) is 14.8. The number of pyridine rings is 1. The number of anilines is 2. The first kappa shape index (κ1) is 14.4. The van der Waals surface area contributed by atoms with Crippen molar-refractivity contribution in [3.05, 3.63) is 12.1 Å². The van der Waals surface area contributed by atoms with Crippen LogP contribution in [0, 0.1) is 0 Å². The van der Waals surface area contributed by atoms with E-state index in [-0.39, 0.29) is 11.5 Å². The summed E-state index contributed by atoms with van der Waals surface area (Å²) in [5.41, 5.74) is 6.04. The van der Waals surface area contributed by atoms with E-state index in [0.717, 1.165) is 18.8 Å². The number of carbonyl (C=O) groups is 1. The van der Waals surface area contributed by atoms with Crippen LogP contribution in [0.3, 0.4) is 0 Å². The number of hydrogen-bond donors (Lipinski definition) is 2. The number of nitrogen functional groups attached to an aromatic ring is 1. The SMILES string of the molecule is CC(C)(C)Oc1nc(N2CCCNC(=O)C2)ccc1N. The van der Waals surface area contributed by atoms with Crippen LogP contribution in [0.5, 0.6) is 5.88 Å². The van der Waals surface area contributed by atoms with E-state index in [0.29, 0.717) is 24.7 Å². The van der Waals surface area contributed by atoms with Gasteiger partial charge >= 0.3 is 0 Å². The van der Waals surface area contributed by atoms with Gasteiger partial charge in [0.25, 0.3) is 0 Å². The molecule has 1 aromatic heterocycles. The molecule has 2 heterocycles. The van der Waals surface area contributed by atoms with E-state index < -0.39 is 0 Å². The third-order valence-electron chi connectivity index (χ3n) is 2.86. The Bertz CT molecular complexity index is 496. The predicted octanol–water partition coefficient (Wildman–Crippen LogP) is 1.17. The summed E-state index contributed by atoms with van der Waals surface area (Å²) in [6.45, 7) is 7.63. The van der Waals surface area contributed by atoms with E-state index in [1.807, 2.05) is 31.7 Å². The van der Waals surface area contributed by atoms with Crippen molar-refractivity contribution in [2.24, 2.45) is 0 Å². The lowest BCUT2D eigenvalue weighted by Crippen LogP contribution is -2.33. The fraction of sp³-hybridized carbons (Fsp3) is 0.571. The minimum atomic E-state index is -0.365. The van der Waals surface area contributed by atoms with Crippen LogP contribution in [0.25, 0.3) is 0 Å². The summed E-state index contributed by atoms with van der Waals surface area (Å²) < 4.78 is 5.76. The number of nitrogens with zero attached hydrogens (tertiary/aromatic N) is 2. The van der Waals surface area contributed by atoms with Gasteiger partial charge in [0.1, 0.15) is 11.4 Å².